The van der Waals surface area contributed by atoms with Crippen molar-refractivity contribution < 1.29 is 55.3 Å². The molecule has 37 heavy (non-hydrogen) atoms. The summed E-state index contributed by atoms with van der Waals surface area (Å²) >= 11 is 0. The summed E-state index contributed by atoms with van der Waals surface area (Å²) in [6, 6.07) is 4.20. The number of carboxylic acid groups (broad SMARTS) is 2. The highest BCUT2D eigenvalue weighted by Gasteiger charge is 2.50. The molecule has 0 unspecified atom stereocenters. The summed E-state index contributed by atoms with van der Waals surface area (Å²) in [5.41, 5.74) is 0.437. The molecule has 1 aromatic rings. The zero-order valence-electron chi connectivity index (χ0n) is 20.6. The van der Waals surface area contributed by atoms with Crippen molar-refractivity contribution in [2.24, 2.45) is 17.3 Å². The Morgan fingerprint density at radius 2 is 1.59 bits per heavy atom. The maximum atomic E-state index is 10.6. The Morgan fingerprint density at radius 3 is 2.03 bits per heavy atom. The standard InChI is InChI=1S/C19H30N2O2.2C2HF3O2/c1-15-3-6-18(23-15)11-20-8-7-19(13-20)14-21(9-16-4-5-16)10-17(19)12-22-2;2*3-2(4,5)1(6)7/h3,6,16-17H,4-5,7-14H2,1-2H3;2*(H,6,7)/t17-,19-;;/m0../s1. The molecule has 1 saturated carbocycles. The number of hydrogen-bond acceptors (Lipinski definition) is 6. The lowest BCUT2D eigenvalue weighted by Gasteiger charge is -2.30. The van der Waals surface area contributed by atoms with Gasteiger partial charge in [-0.1, -0.05) is 0 Å². The van der Waals surface area contributed by atoms with E-state index in [-0.39, 0.29) is 0 Å². The lowest BCUT2D eigenvalue weighted by molar-refractivity contribution is -0.193. The third-order valence-electron chi connectivity index (χ3n) is 6.59. The number of likely N-dealkylation sites (tertiary alicyclic amines) is 2. The van der Waals surface area contributed by atoms with Crippen LogP contribution in [0.2, 0.25) is 0 Å². The fourth-order valence-electron chi connectivity index (χ4n) is 4.75. The van der Waals surface area contributed by atoms with Gasteiger partial charge in [-0.3, -0.25) is 4.90 Å². The first-order valence-corrected chi connectivity index (χ1v) is 11.6. The molecule has 8 nitrogen and oxygen atoms in total. The number of rotatable bonds is 6. The molecule has 2 saturated heterocycles. The molecular formula is C23H32F6N2O6. The van der Waals surface area contributed by atoms with Gasteiger partial charge in [0.25, 0.3) is 0 Å². The number of ether oxygens (including phenoxy) is 1. The Bertz CT molecular complexity index is 877. The lowest BCUT2D eigenvalue weighted by Crippen LogP contribution is -2.36. The van der Waals surface area contributed by atoms with Gasteiger partial charge in [-0.05, 0) is 50.8 Å². The van der Waals surface area contributed by atoms with Gasteiger partial charge in [0.15, 0.2) is 0 Å². The molecule has 0 amide bonds. The minimum Gasteiger partial charge on any atom is -0.475 e. The fourth-order valence-corrected chi connectivity index (χ4v) is 4.75. The van der Waals surface area contributed by atoms with Crippen molar-refractivity contribution in [2.45, 2.75) is 45.1 Å². The molecular weight excluding hydrogens is 514 g/mol. The Kier molecular flexibility index (Phi) is 10.4. The number of alkyl halides is 6. The Balaban J connectivity index is 0.000000286. The van der Waals surface area contributed by atoms with E-state index in [0.717, 1.165) is 30.6 Å². The zero-order chi connectivity index (χ0) is 28.0. The highest BCUT2D eigenvalue weighted by atomic mass is 19.4. The van der Waals surface area contributed by atoms with Gasteiger partial charge in [0.05, 0.1) is 13.2 Å². The number of nitrogens with zero attached hydrogens (tertiary/aromatic N) is 2. The first-order chi connectivity index (χ1) is 17.1. The van der Waals surface area contributed by atoms with Crippen LogP contribution in [0.15, 0.2) is 16.5 Å². The second kappa shape index (κ2) is 12.5. The molecule has 3 fully saturated rings. The van der Waals surface area contributed by atoms with E-state index in [0.29, 0.717) is 11.3 Å². The van der Waals surface area contributed by atoms with E-state index >= 15 is 0 Å². The fraction of sp³-hybridized carbons (Fsp3) is 0.739. The molecule has 2 aliphatic heterocycles. The van der Waals surface area contributed by atoms with E-state index in [9.17, 15) is 26.3 Å². The summed E-state index contributed by atoms with van der Waals surface area (Å²) in [7, 11) is 1.86. The van der Waals surface area contributed by atoms with Crippen molar-refractivity contribution in [1.29, 1.82) is 0 Å². The van der Waals surface area contributed by atoms with Crippen LogP contribution in [0.3, 0.4) is 0 Å². The van der Waals surface area contributed by atoms with Crippen molar-refractivity contribution in [3.63, 3.8) is 0 Å². The van der Waals surface area contributed by atoms with Crippen LogP contribution in [0, 0.1) is 24.2 Å². The molecule has 2 N–H and O–H groups in total. The summed E-state index contributed by atoms with van der Waals surface area (Å²) in [6.45, 7) is 10.1. The van der Waals surface area contributed by atoms with Gasteiger partial charge >= 0.3 is 24.3 Å². The molecule has 0 bridgehead atoms. The largest absolute Gasteiger partial charge is 0.490 e. The average molecular weight is 547 g/mol. The zero-order valence-corrected chi connectivity index (χ0v) is 20.6. The summed E-state index contributed by atoms with van der Waals surface area (Å²) in [5, 5.41) is 14.2. The van der Waals surface area contributed by atoms with Gasteiger partial charge in [0.1, 0.15) is 11.5 Å². The molecule has 14 heteroatoms. The minimum atomic E-state index is -5.08. The van der Waals surface area contributed by atoms with Crippen LogP contribution in [0.1, 0.15) is 30.8 Å². The van der Waals surface area contributed by atoms with Gasteiger partial charge < -0.3 is 24.3 Å². The highest BCUT2D eigenvalue weighted by molar-refractivity contribution is 5.73. The molecule has 4 rings (SSSR count). The molecule has 2 atom stereocenters. The van der Waals surface area contributed by atoms with Gasteiger partial charge in [-0.25, -0.2) is 9.59 Å². The van der Waals surface area contributed by atoms with Crippen LogP contribution >= 0.6 is 0 Å². The first-order valence-electron chi connectivity index (χ1n) is 11.6. The van der Waals surface area contributed by atoms with Crippen molar-refractivity contribution >= 4 is 11.9 Å². The highest BCUT2D eigenvalue weighted by Crippen LogP contribution is 2.45. The van der Waals surface area contributed by atoms with Crippen molar-refractivity contribution in [3.8, 4) is 0 Å². The third kappa shape index (κ3) is 9.82. The van der Waals surface area contributed by atoms with Crippen LogP contribution in [0.5, 0.6) is 0 Å². The molecule has 3 aliphatic rings. The second-order valence-electron chi connectivity index (χ2n) is 9.73. The van der Waals surface area contributed by atoms with Gasteiger partial charge in [-0.15, -0.1) is 0 Å². The average Bonchev–Trinajstić information content (AvgIpc) is 3.19. The number of methoxy groups -OCH3 is 1. The van der Waals surface area contributed by atoms with E-state index in [1.54, 1.807) is 0 Å². The van der Waals surface area contributed by atoms with Crippen LogP contribution in [-0.2, 0) is 20.9 Å². The van der Waals surface area contributed by atoms with E-state index in [1.807, 2.05) is 14.0 Å². The lowest BCUT2D eigenvalue weighted by atomic mass is 9.77. The molecule has 1 aliphatic carbocycles. The smallest absolute Gasteiger partial charge is 0.475 e. The number of aliphatic carboxylic acids is 2. The second-order valence-corrected chi connectivity index (χ2v) is 9.73. The van der Waals surface area contributed by atoms with Gasteiger partial charge in [-0.2, -0.15) is 26.3 Å². The van der Waals surface area contributed by atoms with Crippen molar-refractivity contribution in [2.75, 3.05) is 46.4 Å². The summed E-state index contributed by atoms with van der Waals surface area (Å²) in [6.07, 6.45) is -5.97. The SMILES string of the molecule is COC[C@@H]1CN(CC2CC2)C[C@@]12CCN(Cc1ccc(C)o1)C2.O=C(O)C(F)(F)F.O=C(O)C(F)(F)F. The molecule has 1 spiro atoms. The maximum absolute atomic E-state index is 10.6. The van der Waals surface area contributed by atoms with Crippen LogP contribution in [0.25, 0.3) is 0 Å². The Hall–Kier alpha value is -2.32. The number of halogens is 6. The Labute approximate surface area is 210 Å². The summed E-state index contributed by atoms with van der Waals surface area (Å²) in [5.74, 6) is -1.72. The molecule has 1 aromatic heterocycles. The first kappa shape index (κ1) is 30.9. The predicted octanol–water partition coefficient (Wildman–Crippen LogP) is 4.03. The maximum Gasteiger partial charge on any atom is 0.490 e. The Morgan fingerprint density at radius 1 is 1.05 bits per heavy atom. The number of aryl methyl sites for hydroxylation is 1. The number of carbonyl (C=O) groups is 2. The van der Waals surface area contributed by atoms with E-state index in [2.05, 4.69) is 21.9 Å². The monoisotopic (exact) mass is 546 g/mol. The molecule has 0 radical (unpaired) electrons. The predicted molar refractivity (Wildman–Crippen MR) is 118 cm³/mol. The summed E-state index contributed by atoms with van der Waals surface area (Å²) < 4.78 is 74.8. The minimum absolute atomic E-state index is 0.437. The van der Waals surface area contributed by atoms with Crippen molar-refractivity contribution in [1.82, 2.24) is 9.80 Å². The van der Waals surface area contributed by atoms with Crippen LogP contribution in [-0.4, -0.2) is 90.7 Å². The van der Waals surface area contributed by atoms with Gasteiger partial charge in [0.2, 0.25) is 0 Å². The van der Waals surface area contributed by atoms with E-state index in [1.165, 1.54) is 52.0 Å². The number of carboxylic acids is 2. The van der Waals surface area contributed by atoms with Gasteiger partial charge in [0, 0.05) is 44.6 Å². The number of hydrogen-bond donors (Lipinski definition) is 2. The van der Waals surface area contributed by atoms with Crippen molar-refractivity contribution in [3.05, 3.63) is 23.7 Å². The topological polar surface area (TPSA) is 103 Å². The normalized spacial score (nSPS) is 24.4. The van der Waals surface area contributed by atoms with Crippen LogP contribution in [0.4, 0.5) is 26.3 Å². The molecule has 212 valence electrons. The third-order valence-corrected chi connectivity index (χ3v) is 6.59. The van der Waals surface area contributed by atoms with E-state index < -0.39 is 24.3 Å². The van der Waals surface area contributed by atoms with E-state index in [4.69, 9.17) is 29.0 Å². The quantitative estimate of drug-likeness (QED) is 0.516. The molecule has 0 aromatic carbocycles. The van der Waals surface area contributed by atoms with Crippen LogP contribution < -0.4 is 0 Å². The number of furan rings is 1. The summed E-state index contributed by atoms with van der Waals surface area (Å²) in [4.78, 5) is 23.1. The molecule has 3 heterocycles.